The highest BCUT2D eigenvalue weighted by Crippen LogP contribution is 2.29. The number of hydrogen-bond donors (Lipinski definition) is 1. The highest BCUT2D eigenvalue weighted by Gasteiger charge is 2.20. The first-order valence-corrected chi connectivity index (χ1v) is 10.4. The number of halogens is 1. The number of aromatic nitrogens is 1. The molecule has 1 aliphatic heterocycles. The summed E-state index contributed by atoms with van der Waals surface area (Å²) >= 11 is 0. The summed E-state index contributed by atoms with van der Waals surface area (Å²) in [6, 6.07) is 16.3. The number of nitrogens with zero attached hydrogens (tertiary/aromatic N) is 1. The van der Waals surface area contributed by atoms with Crippen LogP contribution >= 0.6 is 12.4 Å². The van der Waals surface area contributed by atoms with Gasteiger partial charge in [-0.05, 0) is 56.1 Å². The van der Waals surface area contributed by atoms with Gasteiger partial charge in [0.25, 0.3) is 10.0 Å². The van der Waals surface area contributed by atoms with Gasteiger partial charge in [-0.3, -0.25) is 0 Å². The van der Waals surface area contributed by atoms with Gasteiger partial charge in [0, 0.05) is 17.6 Å². The summed E-state index contributed by atoms with van der Waals surface area (Å²) in [5, 5.41) is 4.27. The van der Waals surface area contributed by atoms with Crippen LogP contribution in [0.5, 0.6) is 5.75 Å². The van der Waals surface area contributed by atoms with Crippen molar-refractivity contribution in [2.75, 3.05) is 13.2 Å². The maximum atomic E-state index is 12.9. The van der Waals surface area contributed by atoms with E-state index in [1.165, 1.54) is 16.8 Å². The topological polar surface area (TPSA) is 60.3 Å². The summed E-state index contributed by atoms with van der Waals surface area (Å²) < 4.78 is 33.1. The minimum Gasteiger partial charge on any atom is -0.493 e. The number of ether oxygens (including phenoxy) is 1. The molecule has 4 rings (SSSR count). The summed E-state index contributed by atoms with van der Waals surface area (Å²) in [5.74, 6) is 0.725. The molecule has 0 aliphatic carbocycles. The van der Waals surface area contributed by atoms with Gasteiger partial charge < -0.3 is 10.1 Å². The molecule has 2 heterocycles. The van der Waals surface area contributed by atoms with Crippen LogP contribution in [0.25, 0.3) is 10.9 Å². The van der Waals surface area contributed by atoms with Gasteiger partial charge in [0.1, 0.15) is 5.75 Å². The minimum atomic E-state index is -3.62. The molecule has 3 aromatic rings. The van der Waals surface area contributed by atoms with E-state index >= 15 is 0 Å². The van der Waals surface area contributed by atoms with Gasteiger partial charge in [-0.2, -0.15) is 0 Å². The molecule has 0 radical (unpaired) electrons. The number of benzene rings is 2. The van der Waals surface area contributed by atoms with E-state index in [0.29, 0.717) is 18.2 Å². The fourth-order valence-corrected chi connectivity index (χ4v) is 4.84. The zero-order valence-electron chi connectivity index (χ0n) is 14.9. The quantitative estimate of drug-likeness (QED) is 0.676. The van der Waals surface area contributed by atoms with Crippen LogP contribution in [0.2, 0.25) is 0 Å². The second-order valence-corrected chi connectivity index (χ2v) is 8.36. The van der Waals surface area contributed by atoms with Gasteiger partial charge in [0.15, 0.2) is 0 Å². The van der Waals surface area contributed by atoms with Crippen molar-refractivity contribution in [3.05, 3.63) is 60.8 Å². The fourth-order valence-electron chi connectivity index (χ4n) is 3.47. The third-order valence-electron chi connectivity index (χ3n) is 4.84. The zero-order chi connectivity index (χ0) is 18.0. The fraction of sp³-hybridized carbons (Fsp3) is 0.300. The van der Waals surface area contributed by atoms with Crippen LogP contribution in [0, 0.1) is 0 Å². The van der Waals surface area contributed by atoms with E-state index in [-0.39, 0.29) is 17.3 Å². The number of fused-ring (bicyclic) bond motifs is 1. The normalized spacial score (nSPS) is 17.0. The molecule has 7 heteroatoms. The van der Waals surface area contributed by atoms with Crippen molar-refractivity contribution in [2.24, 2.45) is 0 Å². The number of hydrogen-bond acceptors (Lipinski definition) is 4. The molecule has 0 saturated carbocycles. The molecular weight excluding hydrogens is 384 g/mol. The smallest absolute Gasteiger partial charge is 0.268 e. The van der Waals surface area contributed by atoms with Crippen LogP contribution in [0.3, 0.4) is 0 Å². The van der Waals surface area contributed by atoms with Crippen LogP contribution in [-0.2, 0) is 10.0 Å². The molecule has 0 unspecified atom stereocenters. The van der Waals surface area contributed by atoms with Gasteiger partial charge in [-0.1, -0.05) is 24.3 Å². The van der Waals surface area contributed by atoms with Crippen molar-refractivity contribution in [1.29, 1.82) is 0 Å². The molecule has 2 aromatic carbocycles. The largest absolute Gasteiger partial charge is 0.493 e. The van der Waals surface area contributed by atoms with E-state index < -0.39 is 10.0 Å². The number of nitrogens with one attached hydrogen (secondary N) is 1. The Kier molecular flexibility index (Phi) is 6.09. The molecule has 1 aromatic heterocycles. The van der Waals surface area contributed by atoms with Gasteiger partial charge in [-0.15, -0.1) is 12.4 Å². The first kappa shape index (κ1) is 19.7. The Morgan fingerprint density at radius 1 is 1.07 bits per heavy atom. The molecular formula is C20H23ClN2O3S. The Morgan fingerprint density at radius 2 is 1.89 bits per heavy atom. The van der Waals surface area contributed by atoms with Crippen molar-refractivity contribution in [1.82, 2.24) is 9.29 Å². The second-order valence-electron chi connectivity index (χ2n) is 6.55. The first-order valence-electron chi connectivity index (χ1n) is 8.93. The van der Waals surface area contributed by atoms with E-state index in [1.54, 1.807) is 48.7 Å². The summed E-state index contributed by atoms with van der Waals surface area (Å²) in [7, 11) is -3.62. The molecule has 0 spiro atoms. The third kappa shape index (κ3) is 3.98. The molecule has 1 saturated heterocycles. The van der Waals surface area contributed by atoms with Crippen molar-refractivity contribution < 1.29 is 13.2 Å². The molecule has 5 nitrogen and oxygen atoms in total. The highest BCUT2D eigenvalue weighted by molar-refractivity contribution is 7.90. The lowest BCUT2D eigenvalue weighted by molar-refractivity contribution is 0.295. The van der Waals surface area contributed by atoms with Gasteiger partial charge in [0.05, 0.1) is 17.0 Å². The summed E-state index contributed by atoms with van der Waals surface area (Å²) in [5.41, 5.74) is 0.630. The third-order valence-corrected chi connectivity index (χ3v) is 6.55. The Bertz CT molecular complexity index is 996. The molecule has 1 N–H and O–H groups in total. The second kappa shape index (κ2) is 8.33. The molecule has 0 bridgehead atoms. The number of rotatable bonds is 6. The zero-order valence-corrected chi connectivity index (χ0v) is 16.5. The molecule has 1 fully saturated rings. The maximum Gasteiger partial charge on any atom is 0.268 e. The van der Waals surface area contributed by atoms with Crippen LogP contribution in [0.15, 0.2) is 65.7 Å². The van der Waals surface area contributed by atoms with E-state index in [4.69, 9.17) is 4.74 Å². The predicted molar refractivity (Wildman–Crippen MR) is 109 cm³/mol. The van der Waals surface area contributed by atoms with Crippen molar-refractivity contribution >= 4 is 33.3 Å². The SMILES string of the molecule is Cl.O=S(=O)(c1ccccc1)n1ccc2c(OCC[C@H]3CCCN3)cccc21. The minimum absolute atomic E-state index is 0. The lowest BCUT2D eigenvalue weighted by atomic mass is 10.2. The monoisotopic (exact) mass is 406 g/mol. The Balaban J connectivity index is 0.00000210. The molecule has 1 aliphatic rings. The average molecular weight is 407 g/mol. The van der Waals surface area contributed by atoms with Crippen LogP contribution in [-0.4, -0.2) is 31.6 Å². The van der Waals surface area contributed by atoms with Gasteiger partial charge in [0.2, 0.25) is 0 Å². The molecule has 27 heavy (non-hydrogen) atoms. The lowest BCUT2D eigenvalue weighted by Crippen LogP contribution is -2.23. The predicted octanol–water partition coefficient (Wildman–Crippen LogP) is 3.82. The van der Waals surface area contributed by atoms with Crippen LogP contribution in [0.1, 0.15) is 19.3 Å². The Morgan fingerprint density at radius 3 is 2.63 bits per heavy atom. The van der Waals surface area contributed by atoms with E-state index in [0.717, 1.165) is 24.1 Å². The summed E-state index contributed by atoms with van der Waals surface area (Å²) in [6.45, 7) is 1.70. The highest BCUT2D eigenvalue weighted by atomic mass is 35.5. The van der Waals surface area contributed by atoms with Crippen LogP contribution < -0.4 is 10.1 Å². The van der Waals surface area contributed by atoms with Crippen molar-refractivity contribution in [3.8, 4) is 5.75 Å². The molecule has 1 atom stereocenters. The van der Waals surface area contributed by atoms with Gasteiger partial charge >= 0.3 is 0 Å². The van der Waals surface area contributed by atoms with E-state index in [1.807, 2.05) is 12.1 Å². The van der Waals surface area contributed by atoms with E-state index in [9.17, 15) is 8.42 Å². The Hall–Kier alpha value is -2.02. The first-order chi connectivity index (χ1) is 12.7. The van der Waals surface area contributed by atoms with Gasteiger partial charge in [-0.25, -0.2) is 12.4 Å². The van der Waals surface area contributed by atoms with Crippen molar-refractivity contribution in [2.45, 2.75) is 30.2 Å². The van der Waals surface area contributed by atoms with Crippen molar-refractivity contribution in [3.63, 3.8) is 0 Å². The average Bonchev–Trinajstić information content (AvgIpc) is 3.32. The summed E-state index contributed by atoms with van der Waals surface area (Å²) in [4.78, 5) is 0.274. The maximum absolute atomic E-state index is 12.9. The van der Waals surface area contributed by atoms with Crippen LogP contribution in [0.4, 0.5) is 0 Å². The Labute approximate surface area is 165 Å². The lowest BCUT2D eigenvalue weighted by Gasteiger charge is -2.12. The molecule has 144 valence electrons. The van der Waals surface area contributed by atoms with E-state index in [2.05, 4.69) is 5.32 Å². The summed E-state index contributed by atoms with van der Waals surface area (Å²) in [6.07, 6.45) is 4.97. The molecule has 0 amide bonds. The standard InChI is InChI=1S/C20H22N2O3S.ClH/c23-26(24,17-7-2-1-3-8-17)22-14-11-18-19(22)9-4-10-20(18)25-15-12-16-6-5-13-21-16;/h1-4,7-11,14,16,21H,5-6,12-13,15H2;1H/t16-;/m1./s1.